The average Bonchev–Trinajstić information content (AvgIpc) is 2.55. The summed E-state index contributed by atoms with van der Waals surface area (Å²) in [5.74, 6) is -0.224. The lowest BCUT2D eigenvalue weighted by Gasteiger charge is -2.13. The normalized spacial score (nSPS) is 13.4. The third kappa shape index (κ3) is 4.41. The molecule has 0 aromatic heterocycles. The molecule has 0 fully saturated rings. The lowest BCUT2D eigenvalue weighted by Crippen LogP contribution is -2.15. The fraction of sp³-hybridized carbons (Fsp3) is 0.278. The zero-order valence-electron chi connectivity index (χ0n) is 12.8. The van der Waals surface area contributed by atoms with Crippen LogP contribution in [0, 0.1) is 0 Å². The van der Waals surface area contributed by atoms with Crippen LogP contribution in [0.25, 0.3) is 0 Å². The van der Waals surface area contributed by atoms with E-state index >= 15 is 0 Å². The maximum Gasteiger partial charge on any atom is 0.227 e. The molecule has 4 heteroatoms. The Bertz CT molecular complexity index is 613. The van der Waals surface area contributed by atoms with Crippen LogP contribution < -0.4 is 5.32 Å². The van der Waals surface area contributed by atoms with Crippen LogP contribution in [-0.4, -0.2) is 18.1 Å². The monoisotopic (exact) mass is 299 g/mol. The number of aliphatic hydroxyl groups is 1. The minimum Gasteiger partial charge on any atom is -0.388 e. The fourth-order valence-electron chi connectivity index (χ4n) is 2.19. The van der Waals surface area contributed by atoms with Crippen LogP contribution >= 0.6 is 0 Å². The molecule has 0 saturated heterocycles. The highest BCUT2D eigenvalue weighted by atomic mass is 16.5. The molecular weight excluding hydrogens is 278 g/mol. The van der Waals surface area contributed by atoms with E-state index in [2.05, 4.69) is 5.32 Å². The van der Waals surface area contributed by atoms with E-state index in [0.29, 0.717) is 5.69 Å². The van der Waals surface area contributed by atoms with E-state index in [1.54, 1.807) is 19.2 Å². The number of methoxy groups -OCH3 is 1. The second-order valence-corrected chi connectivity index (χ2v) is 5.18. The summed E-state index contributed by atoms with van der Waals surface area (Å²) in [5.41, 5.74) is 2.43. The molecule has 2 atom stereocenters. The summed E-state index contributed by atoms with van der Waals surface area (Å²) < 4.78 is 5.27. The topological polar surface area (TPSA) is 58.6 Å². The highest BCUT2D eigenvalue weighted by molar-refractivity contribution is 5.91. The molecule has 1 amide bonds. The van der Waals surface area contributed by atoms with E-state index in [0.717, 1.165) is 11.1 Å². The quantitative estimate of drug-likeness (QED) is 0.859. The van der Waals surface area contributed by atoms with Gasteiger partial charge in [0.1, 0.15) is 0 Å². The van der Waals surface area contributed by atoms with E-state index in [9.17, 15) is 9.90 Å². The molecule has 0 aliphatic carbocycles. The van der Waals surface area contributed by atoms with E-state index in [1.165, 1.54) is 0 Å². The summed E-state index contributed by atoms with van der Waals surface area (Å²) in [5, 5.41) is 12.9. The number of hydrogen-bond donors (Lipinski definition) is 2. The van der Waals surface area contributed by atoms with Crippen molar-refractivity contribution in [1.82, 2.24) is 0 Å². The second-order valence-electron chi connectivity index (χ2n) is 5.18. The number of nitrogens with one attached hydrogen (secondary N) is 1. The summed E-state index contributed by atoms with van der Waals surface area (Å²) >= 11 is 0. The Morgan fingerprint density at radius 2 is 1.82 bits per heavy atom. The van der Waals surface area contributed by atoms with Gasteiger partial charge < -0.3 is 15.2 Å². The molecule has 4 nitrogen and oxygen atoms in total. The van der Waals surface area contributed by atoms with Crippen LogP contribution in [0.2, 0.25) is 0 Å². The van der Waals surface area contributed by atoms with Crippen LogP contribution in [0.1, 0.15) is 36.7 Å². The molecule has 2 unspecified atom stereocenters. The number of anilines is 1. The van der Waals surface area contributed by atoms with Crippen molar-refractivity contribution in [1.29, 1.82) is 0 Å². The molecule has 0 heterocycles. The van der Waals surface area contributed by atoms with Crippen molar-refractivity contribution in [2.24, 2.45) is 0 Å². The van der Waals surface area contributed by atoms with Crippen molar-refractivity contribution in [2.75, 3.05) is 12.4 Å². The van der Waals surface area contributed by atoms with Crippen LogP contribution in [0.4, 0.5) is 5.69 Å². The van der Waals surface area contributed by atoms with Crippen molar-refractivity contribution in [2.45, 2.75) is 25.6 Å². The molecule has 0 aliphatic heterocycles. The summed E-state index contributed by atoms with van der Waals surface area (Å²) in [6.07, 6.45) is -0.817. The number of benzene rings is 2. The number of rotatable bonds is 6. The van der Waals surface area contributed by atoms with Crippen LogP contribution in [0.15, 0.2) is 54.6 Å². The summed E-state index contributed by atoms with van der Waals surface area (Å²) in [7, 11) is 1.64. The van der Waals surface area contributed by atoms with Gasteiger partial charge in [-0.25, -0.2) is 0 Å². The largest absolute Gasteiger partial charge is 0.388 e. The first-order valence-corrected chi connectivity index (χ1v) is 7.25. The van der Waals surface area contributed by atoms with Crippen molar-refractivity contribution in [3.63, 3.8) is 0 Å². The van der Waals surface area contributed by atoms with Gasteiger partial charge in [-0.3, -0.25) is 4.79 Å². The Balaban J connectivity index is 1.97. The smallest absolute Gasteiger partial charge is 0.227 e. The molecule has 0 bridgehead atoms. The van der Waals surface area contributed by atoms with Crippen molar-refractivity contribution >= 4 is 11.6 Å². The number of ether oxygens (including phenoxy) is 1. The maximum absolute atomic E-state index is 12.0. The Kier molecular flexibility index (Phi) is 5.69. The van der Waals surface area contributed by atoms with Crippen LogP contribution in [0.3, 0.4) is 0 Å². The zero-order chi connectivity index (χ0) is 15.9. The van der Waals surface area contributed by atoms with E-state index in [4.69, 9.17) is 4.74 Å². The van der Waals surface area contributed by atoms with E-state index < -0.39 is 6.10 Å². The third-order valence-corrected chi connectivity index (χ3v) is 3.56. The minimum atomic E-state index is -0.803. The van der Waals surface area contributed by atoms with Gasteiger partial charge in [0.2, 0.25) is 5.91 Å². The van der Waals surface area contributed by atoms with Crippen molar-refractivity contribution < 1.29 is 14.6 Å². The maximum atomic E-state index is 12.0. The summed E-state index contributed by atoms with van der Waals surface area (Å²) in [6.45, 7) is 1.94. The van der Waals surface area contributed by atoms with Gasteiger partial charge in [-0.05, 0) is 30.2 Å². The number of aliphatic hydroxyl groups excluding tert-OH is 1. The van der Waals surface area contributed by atoms with E-state index in [-0.39, 0.29) is 18.4 Å². The minimum absolute atomic E-state index is 0.0219. The molecule has 2 aromatic carbocycles. The van der Waals surface area contributed by atoms with E-state index in [1.807, 2.05) is 49.4 Å². The molecule has 116 valence electrons. The Morgan fingerprint density at radius 3 is 2.50 bits per heavy atom. The molecule has 2 rings (SSSR count). The molecule has 2 N–H and O–H groups in total. The Morgan fingerprint density at radius 1 is 1.14 bits per heavy atom. The number of hydrogen-bond acceptors (Lipinski definition) is 3. The molecule has 2 aromatic rings. The van der Waals surface area contributed by atoms with Gasteiger partial charge in [0.05, 0.1) is 18.6 Å². The van der Waals surface area contributed by atoms with Crippen molar-refractivity contribution in [3.8, 4) is 0 Å². The molecule has 0 aliphatic rings. The summed E-state index contributed by atoms with van der Waals surface area (Å²) in [4.78, 5) is 12.0. The predicted octanol–water partition coefficient (Wildman–Crippen LogP) is 3.46. The zero-order valence-corrected chi connectivity index (χ0v) is 12.8. The van der Waals surface area contributed by atoms with Gasteiger partial charge in [0, 0.05) is 12.8 Å². The second kappa shape index (κ2) is 7.73. The number of carbonyl (C=O) groups is 1. The molecule has 0 radical (unpaired) electrons. The Labute approximate surface area is 130 Å². The molecule has 0 spiro atoms. The molecular formula is C18H21NO3. The molecule has 22 heavy (non-hydrogen) atoms. The fourth-order valence-corrected chi connectivity index (χ4v) is 2.19. The highest BCUT2D eigenvalue weighted by Crippen LogP contribution is 2.21. The molecule has 0 saturated carbocycles. The van der Waals surface area contributed by atoms with Gasteiger partial charge in [0.15, 0.2) is 0 Å². The number of amides is 1. The lowest BCUT2D eigenvalue weighted by molar-refractivity contribution is -0.118. The summed E-state index contributed by atoms with van der Waals surface area (Å²) in [6, 6.07) is 16.7. The van der Waals surface area contributed by atoms with Crippen LogP contribution in [-0.2, 0) is 9.53 Å². The SMILES string of the molecule is COC(C)c1cccc(NC(=O)CC(O)c2ccccc2)c1. The van der Waals surface area contributed by atoms with Gasteiger partial charge in [-0.2, -0.15) is 0 Å². The first-order valence-electron chi connectivity index (χ1n) is 7.25. The van der Waals surface area contributed by atoms with Crippen LogP contribution in [0.5, 0.6) is 0 Å². The van der Waals surface area contributed by atoms with Crippen molar-refractivity contribution in [3.05, 3.63) is 65.7 Å². The lowest BCUT2D eigenvalue weighted by atomic mass is 10.1. The third-order valence-electron chi connectivity index (χ3n) is 3.56. The standard InChI is InChI=1S/C18H21NO3/c1-13(22-2)15-9-6-10-16(11-15)19-18(21)12-17(20)14-7-4-3-5-8-14/h3-11,13,17,20H,12H2,1-2H3,(H,19,21). The number of carbonyl (C=O) groups excluding carboxylic acids is 1. The van der Waals surface area contributed by atoms with Gasteiger partial charge in [-0.1, -0.05) is 42.5 Å². The van der Waals surface area contributed by atoms with Gasteiger partial charge in [-0.15, -0.1) is 0 Å². The first kappa shape index (κ1) is 16.2. The highest BCUT2D eigenvalue weighted by Gasteiger charge is 2.13. The Hall–Kier alpha value is -2.17. The van der Waals surface area contributed by atoms with Gasteiger partial charge in [0.25, 0.3) is 0 Å². The predicted molar refractivity (Wildman–Crippen MR) is 86.5 cm³/mol. The first-order chi connectivity index (χ1) is 10.6. The van der Waals surface area contributed by atoms with Gasteiger partial charge >= 0.3 is 0 Å². The average molecular weight is 299 g/mol.